The van der Waals surface area contributed by atoms with Crippen molar-refractivity contribution in [3.8, 4) is 0 Å². The van der Waals surface area contributed by atoms with Crippen LogP contribution < -0.4 is 5.43 Å². The predicted octanol–water partition coefficient (Wildman–Crippen LogP) is 2.12. The zero-order valence-corrected chi connectivity index (χ0v) is 7.51. The SMILES string of the molecule is C1=CN=C2c3ccccc3NN2C=C1. The summed E-state index contributed by atoms with van der Waals surface area (Å²) in [5.41, 5.74) is 5.50. The van der Waals surface area contributed by atoms with E-state index in [0.29, 0.717) is 0 Å². The van der Waals surface area contributed by atoms with Crippen molar-refractivity contribution in [2.75, 3.05) is 5.43 Å². The number of hydrogen-bond acceptors (Lipinski definition) is 3. The number of aliphatic imine (C=N–C) groups is 1. The van der Waals surface area contributed by atoms with Crippen LogP contribution in [0.15, 0.2) is 53.8 Å². The molecule has 68 valence electrons. The fraction of sp³-hybridized carbons (Fsp3) is 0. The highest BCUT2D eigenvalue weighted by molar-refractivity contribution is 6.08. The van der Waals surface area contributed by atoms with Crippen molar-refractivity contribution >= 4 is 11.5 Å². The van der Waals surface area contributed by atoms with E-state index >= 15 is 0 Å². The molecule has 0 saturated heterocycles. The summed E-state index contributed by atoms with van der Waals surface area (Å²) in [4.78, 5) is 4.36. The molecular formula is C11H9N3. The fourth-order valence-electron chi connectivity index (χ4n) is 1.63. The largest absolute Gasteiger partial charge is 0.292 e. The highest BCUT2D eigenvalue weighted by atomic mass is 15.5. The van der Waals surface area contributed by atoms with Gasteiger partial charge >= 0.3 is 0 Å². The summed E-state index contributed by atoms with van der Waals surface area (Å²) >= 11 is 0. The summed E-state index contributed by atoms with van der Waals surface area (Å²) in [5, 5.41) is 1.92. The third-order valence-electron chi connectivity index (χ3n) is 2.27. The standard InChI is InChI=1S/C11H9N3/c1-2-6-10-9(5-1)11-12-7-3-4-8-14(11)13-10/h1-8,13H. The number of benzene rings is 1. The Kier molecular flexibility index (Phi) is 1.44. The summed E-state index contributed by atoms with van der Waals surface area (Å²) < 4.78 is 0. The monoisotopic (exact) mass is 183 g/mol. The summed E-state index contributed by atoms with van der Waals surface area (Å²) in [6.07, 6.45) is 7.63. The van der Waals surface area contributed by atoms with E-state index in [9.17, 15) is 0 Å². The lowest BCUT2D eigenvalue weighted by Gasteiger charge is -2.12. The Morgan fingerprint density at radius 2 is 2.07 bits per heavy atom. The zero-order chi connectivity index (χ0) is 9.38. The number of hydrazine groups is 1. The molecule has 1 N–H and O–H groups in total. The van der Waals surface area contributed by atoms with E-state index in [4.69, 9.17) is 0 Å². The van der Waals surface area contributed by atoms with Gasteiger partial charge in [0.25, 0.3) is 0 Å². The van der Waals surface area contributed by atoms with E-state index in [1.54, 1.807) is 6.20 Å². The minimum atomic E-state index is 0.950. The van der Waals surface area contributed by atoms with Crippen molar-refractivity contribution in [2.24, 2.45) is 4.99 Å². The summed E-state index contributed by atoms with van der Waals surface area (Å²) in [6.45, 7) is 0. The van der Waals surface area contributed by atoms with Gasteiger partial charge in [0, 0.05) is 18.0 Å². The molecule has 3 rings (SSSR count). The molecule has 0 spiro atoms. The van der Waals surface area contributed by atoms with Crippen LogP contribution in [0.5, 0.6) is 0 Å². The molecule has 1 aromatic rings. The maximum Gasteiger partial charge on any atom is 0.160 e. The summed E-state index contributed by atoms with van der Waals surface area (Å²) in [7, 11) is 0. The van der Waals surface area contributed by atoms with E-state index in [2.05, 4.69) is 16.5 Å². The van der Waals surface area contributed by atoms with Crippen molar-refractivity contribution in [2.45, 2.75) is 0 Å². The van der Waals surface area contributed by atoms with Crippen LogP contribution in [0.25, 0.3) is 0 Å². The van der Waals surface area contributed by atoms with Gasteiger partial charge in [0.1, 0.15) is 0 Å². The van der Waals surface area contributed by atoms with Crippen LogP contribution in [0.4, 0.5) is 5.69 Å². The predicted molar refractivity (Wildman–Crippen MR) is 56.7 cm³/mol. The lowest BCUT2D eigenvalue weighted by Crippen LogP contribution is -2.23. The normalized spacial score (nSPS) is 16.9. The van der Waals surface area contributed by atoms with E-state index in [1.165, 1.54) is 0 Å². The average molecular weight is 183 g/mol. The first kappa shape index (κ1) is 7.38. The molecule has 2 aliphatic rings. The molecule has 0 saturated carbocycles. The number of nitrogens with one attached hydrogen (secondary N) is 1. The fourth-order valence-corrected chi connectivity index (χ4v) is 1.63. The first-order valence-corrected chi connectivity index (χ1v) is 4.51. The Morgan fingerprint density at radius 3 is 3.07 bits per heavy atom. The first-order chi connectivity index (χ1) is 6.95. The third kappa shape index (κ3) is 0.956. The second kappa shape index (κ2) is 2.73. The maximum atomic E-state index is 4.36. The number of fused-ring (bicyclic) bond motifs is 3. The highest BCUT2D eigenvalue weighted by Gasteiger charge is 2.22. The lowest BCUT2D eigenvalue weighted by molar-refractivity contribution is 0.695. The minimum absolute atomic E-state index is 0.950. The number of rotatable bonds is 0. The Morgan fingerprint density at radius 1 is 1.14 bits per heavy atom. The first-order valence-electron chi connectivity index (χ1n) is 4.51. The molecule has 14 heavy (non-hydrogen) atoms. The molecule has 0 amide bonds. The van der Waals surface area contributed by atoms with Gasteiger partial charge in [0.2, 0.25) is 0 Å². The molecule has 0 atom stereocenters. The molecule has 0 bridgehead atoms. The smallest absolute Gasteiger partial charge is 0.160 e. The molecule has 0 unspecified atom stereocenters. The average Bonchev–Trinajstić information content (AvgIpc) is 2.42. The number of hydrogen-bond donors (Lipinski definition) is 1. The molecular weight excluding hydrogens is 174 g/mol. The third-order valence-corrected chi connectivity index (χ3v) is 2.27. The second-order valence-corrected chi connectivity index (χ2v) is 3.16. The molecule has 3 heteroatoms. The molecule has 2 aliphatic heterocycles. The minimum Gasteiger partial charge on any atom is -0.292 e. The van der Waals surface area contributed by atoms with Crippen molar-refractivity contribution in [3.05, 3.63) is 54.4 Å². The molecule has 0 fully saturated rings. The number of amidine groups is 1. The van der Waals surface area contributed by atoms with Crippen LogP contribution in [0, 0.1) is 0 Å². The van der Waals surface area contributed by atoms with Crippen LogP contribution in [0.2, 0.25) is 0 Å². The van der Waals surface area contributed by atoms with E-state index in [-0.39, 0.29) is 0 Å². The molecule has 1 aromatic carbocycles. The molecule has 2 heterocycles. The lowest BCUT2D eigenvalue weighted by atomic mass is 10.2. The highest BCUT2D eigenvalue weighted by Crippen LogP contribution is 2.26. The van der Waals surface area contributed by atoms with E-state index in [1.807, 2.05) is 41.6 Å². The van der Waals surface area contributed by atoms with Crippen molar-refractivity contribution in [1.82, 2.24) is 5.01 Å². The van der Waals surface area contributed by atoms with Gasteiger partial charge < -0.3 is 0 Å². The molecule has 3 nitrogen and oxygen atoms in total. The molecule has 0 radical (unpaired) electrons. The van der Waals surface area contributed by atoms with Gasteiger partial charge in [0.15, 0.2) is 5.84 Å². The molecule has 0 aromatic heterocycles. The Bertz CT molecular complexity index is 457. The van der Waals surface area contributed by atoms with Gasteiger partial charge in [-0.2, -0.15) is 0 Å². The van der Waals surface area contributed by atoms with Crippen LogP contribution in [0.3, 0.4) is 0 Å². The Balaban J connectivity index is 2.18. The zero-order valence-electron chi connectivity index (χ0n) is 7.51. The van der Waals surface area contributed by atoms with Gasteiger partial charge in [-0.15, -0.1) is 0 Å². The second-order valence-electron chi connectivity index (χ2n) is 3.16. The van der Waals surface area contributed by atoms with E-state index in [0.717, 1.165) is 17.1 Å². The van der Waals surface area contributed by atoms with Gasteiger partial charge in [0.05, 0.1) is 5.69 Å². The topological polar surface area (TPSA) is 27.6 Å². The van der Waals surface area contributed by atoms with Crippen LogP contribution in [-0.4, -0.2) is 10.8 Å². The summed E-state index contributed by atoms with van der Waals surface area (Å²) in [5.74, 6) is 0.950. The number of nitrogens with zero attached hydrogens (tertiary/aromatic N) is 2. The number of allylic oxidation sites excluding steroid dienone is 2. The van der Waals surface area contributed by atoms with Gasteiger partial charge in [-0.05, 0) is 24.3 Å². The van der Waals surface area contributed by atoms with Gasteiger partial charge in [-0.3, -0.25) is 5.43 Å². The quantitative estimate of drug-likeness (QED) is 0.667. The van der Waals surface area contributed by atoms with Gasteiger partial charge in [-0.25, -0.2) is 10.0 Å². The maximum absolute atomic E-state index is 4.36. The molecule has 0 aliphatic carbocycles. The van der Waals surface area contributed by atoms with Crippen molar-refractivity contribution in [3.63, 3.8) is 0 Å². The number of para-hydroxylation sites is 1. The van der Waals surface area contributed by atoms with Crippen LogP contribution in [0.1, 0.15) is 5.56 Å². The Hall–Kier alpha value is -2.03. The van der Waals surface area contributed by atoms with Gasteiger partial charge in [-0.1, -0.05) is 12.1 Å². The van der Waals surface area contributed by atoms with Crippen LogP contribution in [-0.2, 0) is 0 Å². The van der Waals surface area contributed by atoms with E-state index < -0.39 is 0 Å². The summed E-state index contributed by atoms with van der Waals surface area (Å²) in [6, 6.07) is 8.14. The number of anilines is 1. The van der Waals surface area contributed by atoms with Crippen molar-refractivity contribution in [1.29, 1.82) is 0 Å². The van der Waals surface area contributed by atoms with Crippen LogP contribution >= 0.6 is 0 Å². The Labute approximate surface area is 82.0 Å². The van der Waals surface area contributed by atoms with Crippen molar-refractivity contribution < 1.29 is 0 Å².